The summed E-state index contributed by atoms with van der Waals surface area (Å²) in [6.45, 7) is 0. The molecule has 0 atom stereocenters. The second kappa shape index (κ2) is 4.66. The molecule has 0 amide bonds. The Balaban J connectivity index is 3.13. The van der Waals surface area contributed by atoms with Crippen molar-refractivity contribution in [2.24, 2.45) is 0 Å². The first-order valence-electron chi connectivity index (χ1n) is 3.36. The number of halogens is 3. The van der Waals surface area contributed by atoms with Crippen molar-refractivity contribution in [3.8, 4) is 6.07 Å². The third kappa shape index (κ3) is 2.73. The van der Waals surface area contributed by atoms with Crippen molar-refractivity contribution in [3.63, 3.8) is 0 Å². The van der Waals surface area contributed by atoms with Crippen LogP contribution >= 0.6 is 39.1 Å². The predicted molar refractivity (Wildman–Crippen MR) is 58.6 cm³/mol. The quantitative estimate of drug-likeness (QED) is 0.705. The van der Waals surface area contributed by atoms with Gasteiger partial charge in [-0.25, -0.2) is 0 Å². The molecule has 0 aliphatic carbocycles. The van der Waals surface area contributed by atoms with Gasteiger partial charge in [-0.2, -0.15) is 5.26 Å². The van der Waals surface area contributed by atoms with Crippen LogP contribution in [0.25, 0.3) is 5.03 Å². The minimum Gasteiger partial charge on any atom is -0.193 e. The van der Waals surface area contributed by atoms with Crippen molar-refractivity contribution < 1.29 is 0 Å². The van der Waals surface area contributed by atoms with Crippen LogP contribution in [0.15, 0.2) is 28.7 Å². The van der Waals surface area contributed by atoms with Crippen LogP contribution in [0.2, 0.25) is 5.02 Å². The second-order valence-corrected chi connectivity index (χ2v) is 3.92. The van der Waals surface area contributed by atoms with Gasteiger partial charge in [0.05, 0.1) is 16.1 Å². The SMILES string of the molecule is N#CC=C(Cl)c1ccc(Br)c(Cl)c1. The van der Waals surface area contributed by atoms with E-state index in [-0.39, 0.29) is 0 Å². The molecular weight excluding hydrogens is 273 g/mol. The lowest BCUT2D eigenvalue weighted by Gasteiger charge is -1.99. The smallest absolute Gasteiger partial charge is 0.0927 e. The van der Waals surface area contributed by atoms with Gasteiger partial charge in [0.1, 0.15) is 0 Å². The van der Waals surface area contributed by atoms with Gasteiger partial charge in [-0.1, -0.05) is 29.3 Å². The molecular formula is C9H4BrCl2N. The van der Waals surface area contributed by atoms with E-state index in [9.17, 15) is 0 Å². The van der Waals surface area contributed by atoms with Crippen LogP contribution in [-0.4, -0.2) is 0 Å². The zero-order valence-corrected chi connectivity index (χ0v) is 9.49. The van der Waals surface area contributed by atoms with Gasteiger partial charge in [0.15, 0.2) is 0 Å². The summed E-state index contributed by atoms with van der Waals surface area (Å²) in [6, 6.07) is 7.11. The van der Waals surface area contributed by atoms with Crippen molar-refractivity contribution in [2.75, 3.05) is 0 Å². The molecule has 1 aromatic carbocycles. The maximum absolute atomic E-state index is 8.37. The third-order valence-corrected chi connectivity index (χ3v) is 2.95. The van der Waals surface area contributed by atoms with E-state index in [2.05, 4.69) is 15.9 Å². The molecule has 4 heteroatoms. The second-order valence-electron chi connectivity index (χ2n) is 2.25. The highest BCUT2D eigenvalue weighted by atomic mass is 79.9. The standard InChI is InChI=1S/C9H4BrCl2N/c10-7-2-1-6(5-9(7)12)8(11)3-4-13/h1-3,5H. The van der Waals surface area contributed by atoms with Gasteiger partial charge < -0.3 is 0 Å². The molecule has 0 aromatic heterocycles. The maximum atomic E-state index is 8.37. The van der Waals surface area contributed by atoms with Crippen molar-refractivity contribution in [2.45, 2.75) is 0 Å². The number of hydrogen-bond donors (Lipinski definition) is 0. The average Bonchev–Trinajstić information content (AvgIpc) is 2.10. The van der Waals surface area contributed by atoms with Gasteiger partial charge >= 0.3 is 0 Å². The molecule has 1 nitrogen and oxygen atoms in total. The highest BCUT2D eigenvalue weighted by molar-refractivity contribution is 9.10. The van der Waals surface area contributed by atoms with E-state index in [1.165, 1.54) is 6.08 Å². The minimum atomic E-state index is 0.386. The molecule has 0 saturated heterocycles. The molecule has 0 N–H and O–H groups in total. The molecule has 0 saturated carbocycles. The van der Waals surface area contributed by atoms with E-state index in [0.717, 1.165) is 10.0 Å². The molecule has 0 heterocycles. The summed E-state index contributed by atoms with van der Waals surface area (Å²) in [5.41, 5.74) is 0.733. The first-order valence-corrected chi connectivity index (χ1v) is 4.90. The van der Waals surface area contributed by atoms with Gasteiger partial charge in [-0.15, -0.1) is 0 Å². The van der Waals surface area contributed by atoms with E-state index in [0.29, 0.717) is 10.1 Å². The summed E-state index contributed by atoms with van der Waals surface area (Å²) in [5.74, 6) is 0. The lowest BCUT2D eigenvalue weighted by molar-refractivity contribution is 1.53. The average molecular weight is 277 g/mol. The molecule has 0 bridgehead atoms. The summed E-state index contributed by atoms with van der Waals surface area (Å²) in [4.78, 5) is 0. The molecule has 13 heavy (non-hydrogen) atoms. The van der Waals surface area contributed by atoms with E-state index in [4.69, 9.17) is 28.5 Å². The minimum absolute atomic E-state index is 0.386. The number of hydrogen-bond acceptors (Lipinski definition) is 1. The van der Waals surface area contributed by atoms with Gasteiger partial charge in [0.2, 0.25) is 0 Å². The zero-order chi connectivity index (χ0) is 9.84. The summed E-state index contributed by atoms with van der Waals surface area (Å²) in [6.07, 6.45) is 1.27. The normalized spacial score (nSPS) is 11.1. The summed E-state index contributed by atoms with van der Waals surface area (Å²) >= 11 is 14.9. The Labute approximate surface area is 94.7 Å². The fraction of sp³-hybridized carbons (Fsp3) is 0. The monoisotopic (exact) mass is 275 g/mol. The highest BCUT2D eigenvalue weighted by Gasteiger charge is 2.01. The van der Waals surface area contributed by atoms with E-state index < -0.39 is 0 Å². The number of benzene rings is 1. The molecule has 66 valence electrons. The molecule has 0 aliphatic heterocycles. The molecule has 1 rings (SSSR count). The first kappa shape index (κ1) is 10.6. The summed E-state index contributed by atoms with van der Waals surface area (Å²) in [5, 5.41) is 9.33. The Kier molecular flexibility index (Phi) is 3.80. The lowest BCUT2D eigenvalue weighted by atomic mass is 10.2. The molecule has 0 spiro atoms. The van der Waals surface area contributed by atoms with E-state index in [1.807, 2.05) is 6.07 Å². The first-order chi connectivity index (χ1) is 6.15. The largest absolute Gasteiger partial charge is 0.193 e. The Hall–Kier alpha value is -0.490. The Morgan fingerprint density at radius 2 is 2.23 bits per heavy atom. The summed E-state index contributed by atoms with van der Waals surface area (Å²) in [7, 11) is 0. The fourth-order valence-corrected chi connectivity index (χ4v) is 1.38. The van der Waals surface area contributed by atoms with Crippen molar-refractivity contribution in [1.82, 2.24) is 0 Å². The van der Waals surface area contributed by atoms with Crippen LogP contribution in [0.5, 0.6) is 0 Å². The number of allylic oxidation sites excluding steroid dienone is 1. The number of nitriles is 1. The van der Waals surface area contributed by atoms with Gasteiger partial charge in [0.25, 0.3) is 0 Å². The Morgan fingerprint density at radius 1 is 1.54 bits per heavy atom. The third-order valence-electron chi connectivity index (χ3n) is 1.39. The van der Waals surface area contributed by atoms with Gasteiger partial charge in [-0.3, -0.25) is 0 Å². The topological polar surface area (TPSA) is 23.8 Å². The van der Waals surface area contributed by atoms with Gasteiger partial charge in [-0.05, 0) is 33.6 Å². The van der Waals surface area contributed by atoms with Gasteiger partial charge in [0, 0.05) is 10.5 Å². The Morgan fingerprint density at radius 3 is 2.77 bits per heavy atom. The van der Waals surface area contributed by atoms with Crippen molar-refractivity contribution in [1.29, 1.82) is 5.26 Å². The Bertz CT molecular complexity index is 393. The van der Waals surface area contributed by atoms with Crippen LogP contribution < -0.4 is 0 Å². The van der Waals surface area contributed by atoms with Crippen molar-refractivity contribution >= 4 is 44.2 Å². The number of nitrogens with zero attached hydrogens (tertiary/aromatic N) is 1. The van der Waals surface area contributed by atoms with Crippen LogP contribution in [0.1, 0.15) is 5.56 Å². The number of rotatable bonds is 1. The molecule has 1 aromatic rings. The molecule has 0 fully saturated rings. The highest BCUT2D eigenvalue weighted by Crippen LogP contribution is 2.27. The maximum Gasteiger partial charge on any atom is 0.0927 e. The fourth-order valence-electron chi connectivity index (χ4n) is 0.785. The van der Waals surface area contributed by atoms with Crippen LogP contribution in [-0.2, 0) is 0 Å². The predicted octanol–water partition coefficient (Wildman–Crippen LogP) is 4.21. The van der Waals surface area contributed by atoms with Crippen LogP contribution in [0.4, 0.5) is 0 Å². The van der Waals surface area contributed by atoms with Crippen LogP contribution in [0, 0.1) is 11.3 Å². The van der Waals surface area contributed by atoms with Crippen molar-refractivity contribution in [3.05, 3.63) is 39.3 Å². The van der Waals surface area contributed by atoms with E-state index >= 15 is 0 Å². The molecule has 0 radical (unpaired) electrons. The van der Waals surface area contributed by atoms with E-state index in [1.54, 1.807) is 18.2 Å². The molecule has 0 unspecified atom stereocenters. The van der Waals surface area contributed by atoms with Crippen LogP contribution in [0.3, 0.4) is 0 Å². The molecule has 0 aliphatic rings. The summed E-state index contributed by atoms with van der Waals surface area (Å²) < 4.78 is 0.805. The zero-order valence-electron chi connectivity index (χ0n) is 6.39. The lowest BCUT2D eigenvalue weighted by Crippen LogP contribution is -1.77.